The molecule has 0 aliphatic rings. The van der Waals surface area contributed by atoms with E-state index in [1.165, 1.54) is 5.56 Å². The maximum atomic E-state index is 9.03. The summed E-state index contributed by atoms with van der Waals surface area (Å²) < 4.78 is 6.60. The Labute approximate surface area is 143 Å². The van der Waals surface area contributed by atoms with Gasteiger partial charge in [-0.2, -0.15) is 0 Å². The molecule has 3 heteroatoms. The Bertz CT molecular complexity index is 512. The van der Waals surface area contributed by atoms with Crippen molar-refractivity contribution in [1.29, 1.82) is 0 Å². The summed E-state index contributed by atoms with van der Waals surface area (Å²) in [5.74, 6) is 0.219. The molecule has 0 amide bonds. The van der Waals surface area contributed by atoms with Crippen LogP contribution in [0.3, 0.4) is 0 Å². The molecule has 0 fully saturated rings. The lowest BCUT2D eigenvalue weighted by Gasteiger charge is -2.39. The fraction of sp³-hybridized carbons (Fsp3) is 0.500. The number of hydrogen-bond acceptors (Lipinski definition) is 2. The van der Waals surface area contributed by atoms with E-state index in [9.17, 15) is 0 Å². The molecule has 0 saturated heterocycles. The van der Waals surface area contributed by atoms with Crippen LogP contribution in [0.1, 0.15) is 33.3 Å². The van der Waals surface area contributed by atoms with Crippen LogP contribution in [-0.4, -0.2) is 26.1 Å². The molecule has 2 nitrogen and oxygen atoms in total. The minimum Gasteiger partial charge on any atom is -0.410 e. The number of aliphatic hydroxyl groups is 1. The maximum absolute atomic E-state index is 9.03. The number of rotatable bonds is 7. The molecule has 0 aliphatic carbocycles. The van der Waals surface area contributed by atoms with Gasteiger partial charge in [0.15, 0.2) is 8.32 Å². The van der Waals surface area contributed by atoms with Crippen LogP contribution >= 0.6 is 0 Å². The van der Waals surface area contributed by atoms with Gasteiger partial charge in [-0.25, -0.2) is 0 Å². The third-order valence-corrected chi connectivity index (χ3v) is 9.05. The summed E-state index contributed by atoms with van der Waals surface area (Å²) >= 11 is 0. The quantitative estimate of drug-likeness (QED) is 0.544. The summed E-state index contributed by atoms with van der Waals surface area (Å²) in [4.78, 5) is 0. The second-order valence-corrected chi connectivity index (χ2v) is 12.3. The highest BCUT2D eigenvalue weighted by molar-refractivity contribution is 6.74. The zero-order valence-corrected chi connectivity index (χ0v) is 16.4. The molecule has 0 heterocycles. The van der Waals surface area contributed by atoms with Gasteiger partial charge in [-0.1, -0.05) is 82.3 Å². The fourth-order valence-electron chi connectivity index (χ4n) is 1.99. The van der Waals surface area contributed by atoms with Crippen molar-refractivity contribution in [2.24, 2.45) is 5.92 Å². The van der Waals surface area contributed by atoms with E-state index in [-0.39, 0.29) is 23.7 Å². The molecule has 128 valence electrons. The van der Waals surface area contributed by atoms with Crippen LogP contribution in [0.2, 0.25) is 18.1 Å². The van der Waals surface area contributed by atoms with Crippen molar-refractivity contribution >= 4 is 14.4 Å². The van der Waals surface area contributed by atoms with E-state index in [4.69, 9.17) is 9.53 Å². The second kappa shape index (κ2) is 8.62. The van der Waals surface area contributed by atoms with Crippen molar-refractivity contribution in [2.45, 2.75) is 51.9 Å². The third kappa shape index (κ3) is 6.46. The van der Waals surface area contributed by atoms with Gasteiger partial charge in [0, 0.05) is 5.92 Å². The molecule has 1 N–H and O–H groups in total. The van der Waals surface area contributed by atoms with Crippen LogP contribution in [-0.2, 0) is 4.43 Å². The molecule has 2 atom stereocenters. The molecule has 0 aromatic heterocycles. The lowest BCUT2D eigenvalue weighted by Crippen LogP contribution is -2.44. The Morgan fingerprint density at radius 2 is 1.74 bits per heavy atom. The van der Waals surface area contributed by atoms with E-state index in [2.05, 4.69) is 65.1 Å². The SMILES string of the molecule is C[C@@H](/C=C/CO)[C@H](/C=C/c1ccccc1)O[Si](C)(C)C(C)(C)C. The Morgan fingerprint density at radius 1 is 1.13 bits per heavy atom. The fourth-order valence-corrected chi connectivity index (χ4v) is 3.32. The summed E-state index contributed by atoms with van der Waals surface area (Å²) in [6.45, 7) is 13.5. The Morgan fingerprint density at radius 3 is 2.26 bits per heavy atom. The van der Waals surface area contributed by atoms with E-state index in [0.717, 1.165) is 0 Å². The highest BCUT2D eigenvalue weighted by Crippen LogP contribution is 2.38. The van der Waals surface area contributed by atoms with Crippen LogP contribution < -0.4 is 0 Å². The molecule has 0 bridgehead atoms. The van der Waals surface area contributed by atoms with Crippen LogP contribution in [0, 0.1) is 5.92 Å². The first-order valence-electron chi connectivity index (χ1n) is 8.36. The topological polar surface area (TPSA) is 29.5 Å². The third-order valence-electron chi connectivity index (χ3n) is 4.58. The lowest BCUT2D eigenvalue weighted by atomic mass is 10.0. The molecule has 1 aromatic rings. The van der Waals surface area contributed by atoms with E-state index < -0.39 is 8.32 Å². The van der Waals surface area contributed by atoms with Crippen LogP contribution in [0.25, 0.3) is 6.08 Å². The van der Waals surface area contributed by atoms with Crippen LogP contribution in [0.4, 0.5) is 0 Å². The Kier molecular flexibility index (Phi) is 7.45. The molecule has 1 aromatic carbocycles. The van der Waals surface area contributed by atoms with Gasteiger partial charge in [-0.3, -0.25) is 0 Å². The van der Waals surface area contributed by atoms with Gasteiger partial charge in [0.05, 0.1) is 12.7 Å². The number of hydrogen-bond donors (Lipinski definition) is 1. The van der Waals surface area contributed by atoms with Gasteiger partial charge in [0.25, 0.3) is 0 Å². The number of benzene rings is 1. The van der Waals surface area contributed by atoms with Gasteiger partial charge < -0.3 is 9.53 Å². The first-order valence-corrected chi connectivity index (χ1v) is 11.3. The first kappa shape index (κ1) is 19.9. The monoisotopic (exact) mass is 332 g/mol. The standard InChI is InChI=1S/C20H32O2Si/c1-17(11-10-16-21)19(22-23(5,6)20(2,3)4)15-14-18-12-8-7-9-13-18/h7-15,17,19,21H,16H2,1-6H3/b11-10+,15-14+/t17-,19-/m0/s1. The molecule has 0 aliphatic heterocycles. The van der Waals surface area contributed by atoms with E-state index in [0.29, 0.717) is 0 Å². The summed E-state index contributed by atoms with van der Waals surface area (Å²) in [6, 6.07) is 10.3. The van der Waals surface area contributed by atoms with Crippen molar-refractivity contribution in [2.75, 3.05) is 6.61 Å². The van der Waals surface area contributed by atoms with Crippen molar-refractivity contribution in [3.8, 4) is 0 Å². The average molecular weight is 333 g/mol. The highest BCUT2D eigenvalue weighted by Gasteiger charge is 2.39. The average Bonchev–Trinajstić information content (AvgIpc) is 2.48. The summed E-state index contributed by atoms with van der Waals surface area (Å²) in [5.41, 5.74) is 1.18. The zero-order chi connectivity index (χ0) is 17.5. The second-order valence-electron chi connectivity index (χ2n) is 7.58. The zero-order valence-electron chi connectivity index (χ0n) is 15.4. The smallest absolute Gasteiger partial charge is 0.192 e. The molecule has 0 spiro atoms. The summed E-state index contributed by atoms with van der Waals surface area (Å²) in [5, 5.41) is 9.20. The molecule has 0 radical (unpaired) electrons. The molecule has 0 saturated carbocycles. The largest absolute Gasteiger partial charge is 0.410 e. The van der Waals surface area contributed by atoms with Crippen molar-refractivity contribution < 1.29 is 9.53 Å². The molecule has 23 heavy (non-hydrogen) atoms. The predicted octanol–water partition coefficient (Wildman–Crippen LogP) is 5.27. The van der Waals surface area contributed by atoms with Crippen molar-refractivity contribution in [3.63, 3.8) is 0 Å². The van der Waals surface area contributed by atoms with Gasteiger partial charge >= 0.3 is 0 Å². The molecule has 0 unspecified atom stereocenters. The Hall–Kier alpha value is -1.16. The van der Waals surface area contributed by atoms with Crippen molar-refractivity contribution in [1.82, 2.24) is 0 Å². The number of aliphatic hydroxyl groups excluding tert-OH is 1. The van der Waals surface area contributed by atoms with Gasteiger partial charge in [0.2, 0.25) is 0 Å². The van der Waals surface area contributed by atoms with E-state index in [1.807, 2.05) is 24.3 Å². The highest BCUT2D eigenvalue weighted by atomic mass is 28.4. The minimum atomic E-state index is -1.86. The Balaban J connectivity index is 2.98. The van der Waals surface area contributed by atoms with E-state index >= 15 is 0 Å². The minimum absolute atomic E-state index is 0.0129. The maximum Gasteiger partial charge on any atom is 0.192 e. The van der Waals surface area contributed by atoms with Crippen LogP contribution in [0.5, 0.6) is 0 Å². The summed E-state index contributed by atoms with van der Waals surface area (Å²) in [7, 11) is -1.86. The molecule has 1 rings (SSSR count). The normalized spacial score (nSPS) is 16.1. The lowest BCUT2D eigenvalue weighted by molar-refractivity contribution is 0.190. The molecular weight excluding hydrogens is 300 g/mol. The summed E-state index contributed by atoms with van der Waals surface area (Å²) in [6.07, 6.45) is 8.12. The van der Waals surface area contributed by atoms with Gasteiger partial charge in [-0.15, -0.1) is 0 Å². The van der Waals surface area contributed by atoms with Gasteiger partial charge in [-0.05, 0) is 23.7 Å². The van der Waals surface area contributed by atoms with E-state index in [1.54, 1.807) is 6.08 Å². The molecular formula is C20H32O2Si. The first-order chi connectivity index (χ1) is 10.7. The predicted molar refractivity (Wildman–Crippen MR) is 103 cm³/mol. The van der Waals surface area contributed by atoms with Gasteiger partial charge in [0.1, 0.15) is 0 Å². The van der Waals surface area contributed by atoms with Crippen LogP contribution in [0.15, 0.2) is 48.6 Å². The van der Waals surface area contributed by atoms with Crippen molar-refractivity contribution in [3.05, 3.63) is 54.1 Å².